The van der Waals surface area contributed by atoms with Gasteiger partial charge in [-0.15, -0.1) is 11.3 Å². The Morgan fingerprint density at radius 3 is 3.17 bits per heavy atom. The summed E-state index contributed by atoms with van der Waals surface area (Å²) in [5.41, 5.74) is 0. The first-order chi connectivity index (χ1) is 11.3. The molecular formula is C16H19N5OS. The van der Waals surface area contributed by atoms with Gasteiger partial charge in [-0.25, -0.2) is 0 Å². The van der Waals surface area contributed by atoms with Crippen LogP contribution >= 0.6 is 11.3 Å². The molecule has 0 unspecified atom stereocenters. The van der Waals surface area contributed by atoms with Crippen molar-refractivity contribution in [3.8, 4) is 10.7 Å². The Labute approximate surface area is 138 Å². The molecule has 120 valence electrons. The van der Waals surface area contributed by atoms with Gasteiger partial charge in [-0.1, -0.05) is 11.2 Å². The van der Waals surface area contributed by atoms with Crippen molar-refractivity contribution in [2.75, 3.05) is 6.54 Å². The van der Waals surface area contributed by atoms with Crippen molar-refractivity contribution in [2.45, 2.75) is 38.4 Å². The molecular weight excluding hydrogens is 310 g/mol. The number of likely N-dealkylation sites (tertiary alicyclic amines) is 1. The molecule has 1 aliphatic rings. The second-order valence-electron chi connectivity index (χ2n) is 5.87. The van der Waals surface area contributed by atoms with E-state index in [1.165, 1.54) is 12.8 Å². The minimum atomic E-state index is 0.124. The monoisotopic (exact) mass is 329 g/mol. The topological polar surface area (TPSA) is 60.0 Å². The van der Waals surface area contributed by atoms with Crippen LogP contribution in [0.3, 0.4) is 0 Å². The second-order valence-corrected chi connectivity index (χ2v) is 6.82. The average molecular weight is 329 g/mol. The number of thiophene rings is 1. The first-order valence-corrected chi connectivity index (χ1v) is 8.80. The van der Waals surface area contributed by atoms with Crippen LogP contribution in [0, 0.1) is 0 Å². The standard InChI is InChI=1S/C16H19N5OS/c1-12(16-18-15(19-22-16)14-6-3-10-23-14)21-9-2-5-13(21)11-20-8-4-7-17-20/h3-4,6-8,10,12-13H,2,5,9,11H2,1H3/t12-,13+/m1/s1. The van der Waals surface area contributed by atoms with Crippen molar-refractivity contribution in [3.05, 3.63) is 41.9 Å². The molecule has 0 aliphatic carbocycles. The zero-order valence-corrected chi connectivity index (χ0v) is 13.8. The summed E-state index contributed by atoms with van der Waals surface area (Å²) in [5, 5.41) is 10.5. The second kappa shape index (κ2) is 6.25. The molecule has 7 heteroatoms. The summed E-state index contributed by atoms with van der Waals surface area (Å²) in [6.45, 7) is 4.11. The van der Waals surface area contributed by atoms with Crippen LogP contribution in [-0.4, -0.2) is 37.4 Å². The first-order valence-electron chi connectivity index (χ1n) is 7.92. The lowest BCUT2D eigenvalue weighted by molar-refractivity contribution is 0.144. The molecule has 0 aromatic carbocycles. The largest absolute Gasteiger partial charge is 0.337 e. The summed E-state index contributed by atoms with van der Waals surface area (Å²) in [6, 6.07) is 6.57. The highest BCUT2D eigenvalue weighted by molar-refractivity contribution is 7.13. The third-order valence-corrected chi connectivity index (χ3v) is 5.28. The third-order valence-electron chi connectivity index (χ3n) is 4.42. The van der Waals surface area contributed by atoms with Gasteiger partial charge in [0.2, 0.25) is 11.7 Å². The van der Waals surface area contributed by atoms with Crippen molar-refractivity contribution in [2.24, 2.45) is 0 Å². The van der Waals surface area contributed by atoms with E-state index in [2.05, 4.69) is 27.1 Å². The smallest absolute Gasteiger partial charge is 0.244 e. The molecule has 0 saturated carbocycles. The summed E-state index contributed by atoms with van der Waals surface area (Å²) in [6.07, 6.45) is 6.22. The fraction of sp³-hybridized carbons (Fsp3) is 0.438. The maximum Gasteiger partial charge on any atom is 0.244 e. The van der Waals surface area contributed by atoms with E-state index >= 15 is 0 Å². The van der Waals surface area contributed by atoms with Gasteiger partial charge in [-0.05, 0) is 43.8 Å². The number of hydrogen-bond donors (Lipinski definition) is 0. The lowest BCUT2D eigenvalue weighted by atomic mass is 10.2. The van der Waals surface area contributed by atoms with Gasteiger partial charge in [0.05, 0.1) is 17.5 Å². The summed E-state index contributed by atoms with van der Waals surface area (Å²) < 4.78 is 7.53. The van der Waals surface area contributed by atoms with Crippen LogP contribution < -0.4 is 0 Å². The Hall–Kier alpha value is -1.99. The molecule has 4 heterocycles. The molecule has 1 fully saturated rings. The van der Waals surface area contributed by atoms with E-state index in [0.717, 1.165) is 18.0 Å². The molecule has 3 aromatic rings. The quantitative estimate of drug-likeness (QED) is 0.719. The Kier molecular flexibility index (Phi) is 3.97. The zero-order chi connectivity index (χ0) is 15.6. The normalized spacial score (nSPS) is 20.1. The van der Waals surface area contributed by atoms with E-state index in [0.29, 0.717) is 17.8 Å². The third kappa shape index (κ3) is 2.94. The van der Waals surface area contributed by atoms with E-state index in [-0.39, 0.29) is 6.04 Å². The highest BCUT2D eigenvalue weighted by atomic mass is 32.1. The molecule has 1 saturated heterocycles. The SMILES string of the molecule is C[C@H](c1nc(-c2cccs2)no1)N1CCC[C@H]1Cn1cccn1. The van der Waals surface area contributed by atoms with Crippen LogP contribution in [0.15, 0.2) is 40.5 Å². The summed E-state index contributed by atoms with van der Waals surface area (Å²) in [4.78, 5) is 8.09. The zero-order valence-electron chi connectivity index (χ0n) is 13.0. The van der Waals surface area contributed by atoms with E-state index < -0.39 is 0 Å². The average Bonchev–Trinajstić information content (AvgIpc) is 3.33. The Morgan fingerprint density at radius 2 is 2.39 bits per heavy atom. The Balaban J connectivity index is 1.50. The minimum Gasteiger partial charge on any atom is -0.337 e. The minimum absolute atomic E-state index is 0.124. The van der Waals surface area contributed by atoms with Crippen molar-refractivity contribution in [3.63, 3.8) is 0 Å². The first kappa shape index (κ1) is 14.6. The van der Waals surface area contributed by atoms with Crippen LogP contribution in [0.25, 0.3) is 10.7 Å². The van der Waals surface area contributed by atoms with Gasteiger partial charge in [0, 0.05) is 18.4 Å². The van der Waals surface area contributed by atoms with Gasteiger partial charge in [-0.3, -0.25) is 9.58 Å². The summed E-state index contributed by atoms with van der Waals surface area (Å²) in [5.74, 6) is 1.38. The van der Waals surface area contributed by atoms with Gasteiger partial charge in [0.15, 0.2) is 0 Å². The van der Waals surface area contributed by atoms with E-state index in [1.54, 1.807) is 11.3 Å². The van der Waals surface area contributed by atoms with Crippen LogP contribution in [0.2, 0.25) is 0 Å². The molecule has 0 N–H and O–H groups in total. The molecule has 0 amide bonds. The van der Waals surface area contributed by atoms with Gasteiger partial charge < -0.3 is 4.52 Å². The molecule has 0 bridgehead atoms. The molecule has 0 spiro atoms. The van der Waals surface area contributed by atoms with Gasteiger partial charge in [0.25, 0.3) is 0 Å². The molecule has 23 heavy (non-hydrogen) atoms. The van der Waals surface area contributed by atoms with Crippen molar-refractivity contribution < 1.29 is 4.52 Å². The molecule has 3 aromatic heterocycles. The summed E-state index contributed by atoms with van der Waals surface area (Å²) >= 11 is 1.63. The van der Waals surface area contributed by atoms with Crippen LogP contribution in [0.1, 0.15) is 31.7 Å². The molecule has 4 rings (SSSR count). The van der Waals surface area contributed by atoms with E-state index in [4.69, 9.17) is 4.52 Å². The fourth-order valence-electron chi connectivity index (χ4n) is 3.24. The lowest BCUT2D eigenvalue weighted by Gasteiger charge is -2.28. The fourth-order valence-corrected chi connectivity index (χ4v) is 3.89. The van der Waals surface area contributed by atoms with Crippen molar-refractivity contribution in [1.29, 1.82) is 0 Å². The number of rotatable bonds is 5. The number of nitrogens with zero attached hydrogens (tertiary/aromatic N) is 5. The van der Waals surface area contributed by atoms with Gasteiger partial charge >= 0.3 is 0 Å². The molecule has 6 nitrogen and oxygen atoms in total. The van der Waals surface area contributed by atoms with Gasteiger partial charge in [0.1, 0.15) is 0 Å². The number of hydrogen-bond acceptors (Lipinski definition) is 6. The molecule has 1 aliphatic heterocycles. The molecule has 0 radical (unpaired) electrons. The van der Waals surface area contributed by atoms with E-state index in [9.17, 15) is 0 Å². The van der Waals surface area contributed by atoms with Gasteiger partial charge in [-0.2, -0.15) is 10.1 Å². The van der Waals surface area contributed by atoms with Crippen molar-refractivity contribution in [1.82, 2.24) is 24.8 Å². The maximum atomic E-state index is 5.53. The highest BCUT2D eigenvalue weighted by Crippen LogP contribution is 2.30. The van der Waals surface area contributed by atoms with Crippen LogP contribution in [-0.2, 0) is 6.54 Å². The van der Waals surface area contributed by atoms with E-state index in [1.807, 2.05) is 40.7 Å². The predicted octanol–water partition coefficient (Wildman–Crippen LogP) is 3.22. The maximum absolute atomic E-state index is 5.53. The Morgan fingerprint density at radius 1 is 1.43 bits per heavy atom. The predicted molar refractivity (Wildman–Crippen MR) is 88.0 cm³/mol. The highest BCUT2D eigenvalue weighted by Gasteiger charge is 2.32. The van der Waals surface area contributed by atoms with Crippen LogP contribution in [0.5, 0.6) is 0 Å². The lowest BCUT2D eigenvalue weighted by Crippen LogP contribution is -2.35. The Bertz CT molecular complexity index is 736. The number of aromatic nitrogens is 4. The van der Waals surface area contributed by atoms with Crippen LogP contribution in [0.4, 0.5) is 0 Å². The van der Waals surface area contributed by atoms with Crippen molar-refractivity contribution >= 4 is 11.3 Å². The molecule has 2 atom stereocenters. The summed E-state index contributed by atoms with van der Waals surface area (Å²) in [7, 11) is 0.